The summed E-state index contributed by atoms with van der Waals surface area (Å²) in [4.78, 5) is 7.10. The first kappa shape index (κ1) is 20.4. The highest BCUT2D eigenvalue weighted by atomic mass is 32.2. The van der Waals surface area contributed by atoms with Crippen LogP contribution in [0.2, 0.25) is 0 Å². The number of hydrogen-bond acceptors (Lipinski definition) is 4. The van der Waals surface area contributed by atoms with Crippen LogP contribution in [0.3, 0.4) is 0 Å². The van der Waals surface area contributed by atoms with Crippen molar-refractivity contribution in [3.63, 3.8) is 0 Å². The Labute approximate surface area is 167 Å². The number of aryl methyl sites for hydroxylation is 1. The molecule has 0 saturated carbocycles. The Morgan fingerprint density at radius 2 is 2.04 bits per heavy atom. The van der Waals surface area contributed by atoms with Crippen LogP contribution in [0.15, 0.2) is 46.5 Å². The largest absolute Gasteiger partial charge is 0.356 e. The molecular weight excluding hydrogens is 374 g/mol. The first-order valence-corrected chi connectivity index (χ1v) is 11.5. The molecule has 2 aromatic rings. The van der Waals surface area contributed by atoms with Gasteiger partial charge in [0.05, 0.1) is 11.1 Å². The van der Waals surface area contributed by atoms with Gasteiger partial charge in [0, 0.05) is 46.2 Å². The molecule has 28 heavy (non-hydrogen) atoms. The number of likely N-dealkylation sites (tertiary alicyclic amines) is 1. The minimum atomic E-state index is -3.14. The third-order valence-corrected chi connectivity index (χ3v) is 6.26. The van der Waals surface area contributed by atoms with Crippen molar-refractivity contribution in [2.75, 3.05) is 32.9 Å². The van der Waals surface area contributed by atoms with E-state index in [1.165, 1.54) is 11.8 Å². The quantitative estimate of drug-likeness (QED) is 0.584. The Bertz CT molecular complexity index is 918. The van der Waals surface area contributed by atoms with Crippen molar-refractivity contribution in [1.82, 2.24) is 20.0 Å². The molecule has 2 heterocycles. The van der Waals surface area contributed by atoms with E-state index < -0.39 is 9.84 Å². The van der Waals surface area contributed by atoms with Crippen molar-refractivity contribution in [1.29, 1.82) is 0 Å². The average Bonchev–Trinajstić information content (AvgIpc) is 3.28. The first-order chi connectivity index (χ1) is 13.3. The molecule has 0 radical (unpaired) electrons. The van der Waals surface area contributed by atoms with Gasteiger partial charge in [-0.05, 0) is 48.4 Å². The minimum Gasteiger partial charge on any atom is -0.356 e. The molecule has 1 fully saturated rings. The second-order valence-corrected chi connectivity index (χ2v) is 9.48. The highest BCUT2D eigenvalue weighted by molar-refractivity contribution is 7.90. The number of aliphatic imine (C=N–C) groups is 1. The molecule has 0 spiro atoms. The zero-order valence-electron chi connectivity index (χ0n) is 16.8. The molecule has 0 bridgehead atoms. The van der Waals surface area contributed by atoms with Crippen LogP contribution >= 0.6 is 0 Å². The molecular formula is C20H29N5O2S. The van der Waals surface area contributed by atoms with E-state index in [2.05, 4.69) is 26.5 Å². The third-order valence-electron chi connectivity index (χ3n) is 5.13. The fraction of sp³-hybridized carbons (Fsp3) is 0.500. The van der Waals surface area contributed by atoms with Gasteiger partial charge in [0.1, 0.15) is 0 Å². The van der Waals surface area contributed by atoms with Crippen LogP contribution < -0.4 is 5.32 Å². The summed E-state index contributed by atoms with van der Waals surface area (Å²) >= 11 is 0. The molecule has 1 saturated heterocycles. The molecule has 8 heteroatoms. The predicted molar refractivity (Wildman–Crippen MR) is 111 cm³/mol. The number of rotatable bonds is 6. The minimum absolute atomic E-state index is 0.358. The maximum Gasteiger partial charge on any atom is 0.193 e. The fourth-order valence-corrected chi connectivity index (χ4v) is 4.29. The lowest BCUT2D eigenvalue weighted by atomic mass is 10.0. The Balaban J connectivity index is 1.47. The molecule has 1 aromatic heterocycles. The first-order valence-electron chi connectivity index (χ1n) is 9.57. The van der Waals surface area contributed by atoms with Gasteiger partial charge in [-0.1, -0.05) is 12.1 Å². The lowest BCUT2D eigenvalue weighted by molar-refractivity contribution is 0.460. The second kappa shape index (κ2) is 8.77. The molecule has 3 rings (SSSR count). The standard InChI is InChI=1S/C20H29N5O2S/c1-21-20(22-10-8-16-4-6-19(7-5-16)28(3,26)27)25-11-9-17(15-25)12-18-13-23-24(2)14-18/h4-7,13-14,17H,8-12,15H2,1-3H3,(H,21,22). The van der Waals surface area contributed by atoms with E-state index in [4.69, 9.17) is 0 Å². The van der Waals surface area contributed by atoms with Crippen LogP contribution in [0.25, 0.3) is 0 Å². The number of hydrogen-bond donors (Lipinski definition) is 1. The van der Waals surface area contributed by atoms with Crippen LogP contribution in [0.4, 0.5) is 0 Å². The molecule has 1 N–H and O–H groups in total. The number of nitrogens with one attached hydrogen (secondary N) is 1. The van der Waals surface area contributed by atoms with E-state index >= 15 is 0 Å². The van der Waals surface area contributed by atoms with E-state index in [1.54, 1.807) is 12.1 Å². The summed E-state index contributed by atoms with van der Waals surface area (Å²) in [5.41, 5.74) is 2.39. The normalized spacial score (nSPS) is 17.9. The number of sulfone groups is 1. The maximum atomic E-state index is 11.5. The van der Waals surface area contributed by atoms with Crippen LogP contribution in [-0.4, -0.2) is 62.0 Å². The van der Waals surface area contributed by atoms with E-state index in [1.807, 2.05) is 37.1 Å². The van der Waals surface area contributed by atoms with E-state index in [-0.39, 0.29) is 0 Å². The lowest BCUT2D eigenvalue weighted by Crippen LogP contribution is -2.41. The smallest absolute Gasteiger partial charge is 0.193 e. The van der Waals surface area contributed by atoms with Crippen molar-refractivity contribution < 1.29 is 8.42 Å². The Morgan fingerprint density at radius 1 is 1.29 bits per heavy atom. The number of benzene rings is 1. The molecule has 1 atom stereocenters. The highest BCUT2D eigenvalue weighted by Gasteiger charge is 2.25. The zero-order chi connectivity index (χ0) is 20.1. The topological polar surface area (TPSA) is 79.6 Å². The molecule has 152 valence electrons. The molecule has 0 amide bonds. The summed E-state index contributed by atoms with van der Waals surface area (Å²) in [6.07, 6.45) is 8.29. The SMILES string of the molecule is CN=C(NCCc1ccc(S(C)(=O)=O)cc1)N1CCC(Cc2cnn(C)c2)C1. The van der Waals surface area contributed by atoms with Gasteiger partial charge in [-0.25, -0.2) is 8.42 Å². The fourth-order valence-electron chi connectivity index (χ4n) is 3.66. The van der Waals surface area contributed by atoms with Gasteiger partial charge in [-0.3, -0.25) is 9.67 Å². The van der Waals surface area contributed by atoms with Crippen LogP contribution in [0.1, 0.15) is 17.5 Å². The van der Waals surface area contributed by atoms with Gasteiger partial charge in [0.15, 0.2) is 15.8 Å². The molecule has 0 aliphatic carbocycles. The van der Waals surface area contributed by atoms with Gasteiger partial charge < -0.3 is 10.2 Å². The third kappa shape index (κ3) is 5.34. The van der Waals surface area contributed by atoms with Gasteiger partial charge in [0.25, 0.3) is 0 Å². The van der Waals surface area contributed by atoms with Crippen molar-refractivity contribution >= 4 is 15.8 Å². The van der Waals surface area contributed by atoms with Crippen molar-refractivity contribution in [3.8, 4) is 0 Å². The zero-order valence-corrected chi connectivity index (χ0v) is 17.6. The van der Waals surface area contributed by atoms with Crippen molar-refractivity contribution in [2.45, 2.75) is 24.2 Å². The summed E-state index contributed by atoms with van der Waals surface area (Å²) < 4.78 is 24.9. The summed E-state index contributed by atoms with van der Waals surface area (Å²) in [7, 11) is 0.625. The molecule has 1 unspecified atom stereocenters. The average molecular weight is 404 g/mol. The lowest BCUT2D eigenvalue weighted by Gasteiger charge is -2.21. The van der Waals surface area contributed by atoms with Gasteiger partial charge >= 0.3 is 0 Å². The summed E-state index contributed by atoms with van der Waals surface area (Å²) in [5, 5.41) is 7.69. The monoisotopic (exact) mass is 403 g/mol. The summed E-state index contributed by atoms with van der Waals surface area (Å²) in [6.45, 7) is 2.76. The highest BCUT2D eigenvalue weighted by Crippen LogP contribution is 2.20. The number of aromatic nitrogens is 2. The molecule has 7 nitrogen and oxygen atoms in total. The Kier molecular flexibility index (Phi) is 6.39. The number of guanidine groups is 1. The van der Waals surface area contributed by atoms with Gasteiger partial charge in [0.2, 0.25) is 0 Å². The Hall–Kier alpha value is -2.35. The second-order valence-electron chi connectivity index (χ2n) is 7.47. The molecule has 1 aromatic carbocycles. The maximum absolute atomic E-state index is 11.5. The van der Waals surface area contributed by atoms with Crippen LogP contribution in [0, 0.1) is 5.92 Å². The summed E-state index contributed by atoms with van der Waals surface area (Å²) in [5.74, 6) is 1.55. The Morgan fingerprint density at radius 3 is 2.64 bits per heavy atom. The van der Waals surface area contributed by atoms with Crippen molar-refractivity contribution in [3.05, 3.63) is 47.8 Å². The van der Waals surface area contributed by atoms with E-state index in [9.17, 15) is 8.42 Å². The van der Waals surface area contributed by atoms with Gasteiger partial charge in [-0.15, -0.1) is 0 Å². The van der Waals surface area contributed by atoms with E-state index in [0.717, 1.165) is 50.4 Å². The van der Waals surface area contributed by atoms with Crippen LogP contribution in [-0.2, 0) is 29.7 Å². The van der Waals surface area contributed by atoms with Gasteiger partial charge in [-0.2, -0.15) is 5.10 Å². The molecule has 1 aliphatic rings. The number of nitrogens with zero attached hydrogens (tertiary/aromatic N) is 4. The van der Waals surface area contributed by atoms with Crippen LogP contribution in [0.5, 0.6) is 0 Å². The summed E-state index contributed by atoms with van der Waals surface area (Å²) in [6, 6.07) is 7.09. The van der Waals surface area contributed by atoms with E-state index in [0.29, 0.717) is 10.8 Å². The van der Waals surface area contributed by atoms with Crippen molar-refractivity contribution in [2.24, 2.45) is 18.0 Å². The predicted octanol–water partition coefficient (Wildman–Crippen LogP) is 1.51. The molecule has 1 aliphatic heterocycles.